The Hall–Kier alpha value is -0.360. The van der Waals surface area contributed by atoms with Crippen molar-refractivity contribution in [2.75, 3.05) is 40.6 Å². The number of piperidine rings is 1. The van der Waals surface area contributed by atoms with Crippen molar-refractivity contribution in [3.05, 3.63) is 0 Å². The monoisotopic (exact) mass is 622 g/mol. The summed E-state index contributed by atoms with van der Waals surface area (Å²) in [6.45, 7) is 2.98. The SMILES string of the molecule is COCCCC1OC2CCC(OC)CC2C(OCCC2CCNC(N)C2)C1C1COC2CCC(OC3CCCC3)CC2C1O. The van der Waals surface area contributed by atoms with Gasteiger partial charge in [-0.3, -0.25) is 0 Å². The summed E-state index contributed by atoms with van der Waals surface area (Å²) in [6, 6.07) is 0. The molecule has 6 rings (SSSR count). The van der Waals surface area contributed by atoms with E-state index in [2.05, 4.69) is 5.32 Å². The van der Waals surface area contributed by atoms with Crippen LogP contribution < -0.4 is 11.1 Å². The average Bonchev–Trinajstić information content (AvgIpc) is 3.55. The van der Waals surface area contributed by atoms with Crippen molar-refractivity contribution in [1.29, 1.82) is 0 Å². The van der Waals surface area contributed by atoms with Crippen LogP contribution in [0.5, 0.6) is 0 Å². The van der Waals surface area contributed by atoms with Crippen molar-refractivity contribution >= 4 is 0 Å². The molecule has 6 fully saturated rings. The number of hydrogen-bond acceptors (Lipinski definition) is 9. The van der Waals surface area contributed by atoms with Crippen LogP contribution in [-0.4, -0.2) is 101 Å². The van der Waals surface area contributed by atoms with E-state index in [1.807, 2.05) is 7.11 Å². The van der Waals surface area contributed by atoms with Gasteiger partial charge in [0.1, 0.15) is 0 Å². The van der Waals surface area contributed by atoms with Crippen LogP contribution in [-0.2, 0) is 28.4 Å². The molecule has 3 heterocycles. The molecular weight excluding hydrogens is 560 g/mol. The van der Waals surface area contributed by atoms with Gasteiger partial charge in [-0.2, -0.15) is 0 Å². The molecule has 4 N–H and O–H groups in total. The summed E-state index contributed by atoms with van der Waals surface area (Å²) in [5.74, 6) is 0.962. The van der Waals surface area contributed by atoms with Crippen LogP contribution in [0.3, 0.4) is 0 Å². The quantitative estimate of drug-likeness (QED) is 0.276. The molecule has 9 heteroatoms. The van der Waals surface area contributed by atoms with Crippen LogP contribution in [0.4, 0.5) is 0 Å². The maximum atomic E-state index is 12.2. The second-order valence-electron chi connectivity index (χ2n) is 15.0. The molecule has 0 amide bonds. The Balaban J connectivity index is 1.21. The maximum absolute atomic E-state index is 12.2. The fourth-order valence-electron chi connectivity index (χ4n) is 9.90. The van der Waals surface area contributed by atoms with E-state index in [9.17, 15) is 5.11 Å². The zero-order chi connectivity index (χ0) is 30.5. The van der Waals surface area contributed by atoms with Crippen molar-refractivity contribution in [3.63, 3.8) is 0 Å². The lowest BCUT2D eigenvalue weighted by atomic mass is 9.64. The van der Waals surface area contributed by atoms with Crippen LogP contribution in [0.1, 0.15) is 96.3 Å². The molecule has 3 aliphatic carbocycles. The van der Waals surface area contributed by atoms with Crippen molar-refractivity contribution in [2.45, 2.75) is 151 Å². The summed E-state index contributed by atoms with van der Waals surface area (Å²) in [5, 5.41) is 15.6. The number of aliphatic hydroxyl groups is 1. The molecule has 44 heavy (non-hydrogen) atoms. The lowest BCUT2D eigenvalue weighted by molar-refractivity contribution is -0.254. The van der Waals surface area contributed by atoms with E-state index in [4.69, 9.17) is 34.2 Å². The molecule has 254 valence electrons. The lowest BCUT2D eigenvalue weighted by Gasteiger charge is -2.55. The van der Waals surface area contributed by atoms with Crippen LogP contribution in [0.25, 0.3) is 0 Å². The van der Waals surface area contributed by atoms with Gasteiger partial charge in [0.25, 0.3) is 0 Å². The molecule has 13 atom stereocenters. The van der Waals surface area contributed by atoms with E-state index in [1.165, 1.54) is 25.7 Å². The van der Waals surface area contributed by atoms with E-state index < -0.39 is 6.10 Å². The van der Waals surface area contributed by atoms with Crippen LogP contribution in [0.15, 0.2) is 0 Å². The summed E-state index contributed by atoms with van der Waals surface area (Å²) in [4.78, 5) is 0. The highest BCUT2D eigenvalue weighted by Gasteiger charge is 2.55. The Labute approximate surface area is 265 Å². The van der Waals surface area contributed by atoms with Gasteiger partial charge in [-0.15, -0.1) is 0 Å². The highest BCUT2D eigenvalue weighted by atomic mass is 16.5. The predicted molar refractivity (Wildman–Crippen MR) is 168 cm³/mol. The molecule has 3 aliphatic heterocycles. The Morgan fingerprint density at radius 2 is 1.61 bits per heavy atom. The first-order valence-corrected chi connectivity index (χ1v) is 18.3. The topological polar surface area (TPSA) is 114 Å². The minimum Gasteiger partial charge on any atom is -0.392 e. The molecule has 3 saturated heterocycles. The molecule has 0 spiro atoms. The number of nitrogens with one attached hydrogen (secondary N) is 1. The second kappa shape index (κ2) is 16.2. The smallest absolute Gasteiger partial charge is 0.0686 e. The Morgan fingerprint density at radius 3 is 2.41 bits per heavy atom. The van der Waals surface area contributed by atoms with E-state index in [0.717, 1.165) is 83.8 Å². The summed E-state index contributed by atoms with van der Waals surface area (Å²) in [6.07, 6.45) is 16.6. The van der Waals surface area contributed by atoms with E-state index in [0.29, 0.717) is 25.2 Å². The van der Waals surface area contributed by atoms with Gasteiger partial charge in [0.15, 0.2) is 0 Å². The van der Waals surface area contributed by atoms with Crippen LogP contribution in [0.2, 0.25) is 0 Å². The van der Waals surface area contributed by atoms with E-state index in [1.54, 1.807) is 7.11 Å². The lowest BCUT2D eigenvalue weighted by Crippen LogP contribution is -2.62. The summed E-state index contributed by atoms with van der Waals surface area (Å²) in [7, 11) is 3.60. The van der Waals surface area contributed by atoms with Crippen molar-refractivity contribution in [1.82, 2.24) is 5.32 Å². The average molecular weight is 623 g/mol. The van der Waals surface area contributed by atoms with Gasteiger partial charge in [-0.1, -0.05) is 12.8 Å². The van der Waals surface area contributed by atoms with E-state index in [-0.39, 0.29) is 66.5 Å². The maximum Gasteiger partial charge on any atom is 0.0686 e. The standard InChI is InChI=1S/C35H62N2O7/c1-39-16-5-8-31-33(28-21-42-29-11-10-25(20-26(29)34(28)38)43-23-6-3-4-7-23)35(27-19-24(40-2)9-12-30(27)44-31)41-17-14-22-13-15-37-32(36)18-22/h22-35,37-38H,3-21,36H2,1-2H3. The summed E-state index contributed by atoms with van der Waals surface area (Å²) < 4.78 is 38.7. The number of rotatable bonds is 12. The Bertz CT molecular complexity index is 861. The molecule has 3 saturated carbocycles. The normalized spacial score (nSPS) is 45.1. The first-order chi connectivity index (χ1) is 21.5. The number of methoxy groups -OCH3 is 2. The van der Waals surface area contributed by atoms with Gasteiger partial charge < -0.3 is 44.6 Å². The first-order valence-electron chi connectivity index (χ1n) is 18.3. The third-order valence-electron chi connectivity index (χ3n) is 12.3. The third kappa shape index (κ3) is 8.01. The number of aliphatic hydroxyl groups excluding tert-OH is 1. The van der Waals surface area contributed by atoms with Gasteiger partial charge in [0.05, 0.1) is 61.6 Å². The summed E-state index contributed by atoms with van der Waals surface area (Å²) >= 11 is 0. The molecule has 0 aromatic carbocycles. The minimum atomic E-state index is -0.450. The summed E-state index contributed by atoms with van der Waals surface area (Å²) in [5.41, 5.74) is 6.23. The Kier molecular flexibility index (Phi) is 12.3. The number of fused-ring (bicyclic) bond motifs is 2. The van der Waals surface area contributed by atoms with Gasteiger partial charge in [0.2, 0.25) is 0 Å². The van der Waals surface area contributed by atoms with Crippen molar-refractivity contribution < 1.29 is 33.5 Å². The van der Waals surface area contributed by atoms with Crippen molar-refractivity contribution in [2.24, 2.45) is 35.3 Å². The molecule has 0 aromatic heterocycles. The molecule has 13 unspecified atom stereocenters. The predicted octanol–water partition coefficient (Wildman–Crippen LogP) is 4.18. The molecule has 0 bridgehead atoms. The molecule has 0 aromatic rings. The van der Waals surface area contributed by atoms with Crippen LogP contribution in [0, 0.1) is 29.6 Å². The Morgan fingerprint density at radius 1 is 0.818 bits per heavy atom. The molecule has 9 nitrogen and oxygen atoms in total. The zero-order valence-corrected chi connectivity index (χ0v) is 27.5. The second-order valence-corrected chi connectivity index (χ2v) is 15.0. The van der Waals surface area contributed by atoms with E-state index >= 15 is 0 Å². The highest BCUT2D eigenvalue weighted by molar-refractivity contribution is 5.03. The fraction of sp³-hybridized carbons (Fsp3) is 1.00. The molecular formula is C35H62N2O7. The third-order valence-corrected chi connectivity index (χ3v) is 12.3. The number of ether oxygens (including phenoxy) is 6. The molecule has 6 aliphatic rings. The largest absolute Gasteiger partial charge is 0.392 e. The number of nitrogens with two attached hydrogens (primary N) is 1. The van der Waals surface area contributed by atoms with Crippen LogP contribution >= 0.6 is 0 Å². The van der Waals surface area contributed by atoms with Crippen molar-refractivity contribution in [3.8, 4) is 0 Å². The van der Waals surface area contributed by atoms with Gasteiger partial charge >= 0.3 is 0 Å². The minimum absolute atomic E-state index is 0.00330. The number of hydrogen-bond donors (Lipinski definition) is 3. The van der Waals surface area contributed by atoms with Gasteiger partial charge in [-0.25, -0.2) is 0 Å². The first kappa shape index (κ1) is 33.5. The fourth-order valence-corrected chi connectivity index (χ4v) is 9.90. The molecule has 0 radical (unpaired) electrons. The zero-order valence-electron chi connectivity index (χ0n) is 27.5. The van der Waals surface area contributed by atoms with Gasteiger partial charge in [-0.05, 0) is 95.9 Å². The van der Waals surface area contributed by atoms with Gasteiger partial charge in [0, 0.05) is 51.1 Å². The highest BCUT2D eigenvalue weighted by Crippen LogP contribution is 2.49.